The first-order valence-corrected chi connectivity index (χ1v) is 6.25. The SMILES string of the molecule is Clc1ccc(Br)cc1CNC1CC=CC1. The molecule has 1 aliphatic rings. The van der Waals surface area contributed by atoms with Crippen molar-refractivity contribution in [3.8, 4) is 0 Å². The van der Waals surface area contributed by atoms with Crippen LogP contribution in [0.3, 0.4) is 0 Å². The molecule has 0 bridgehead atoms. The van der Waals surface area contributed by atoms with Gasteiger partial charge in [-0.1, -0.05) is 39.7 Å². The standard InChI is InChI=1S/C12H13BrClN/c13-10-5-6-12(14)9(7-10)8-15-11-3-1-2-4-11/h1-2,5-7,11,15H,3-4,8H2. The van der Waals surface area contributed by atoms with Crippen molar-refractivity contribution in [3.05, 3.63) is 45.4 Å². The van der Waals surface area contributed by atoms with E-state index in [-0.39, 0.29) is 0 Å². The summed E-state index contributed by atoms with van der Waals surface area (Å²) in [5.41, 5.74) is 1.15. The van der Waals surface area contributed by atoms with Gasteiger partial charge in [-0.3, -0.25) is 0 Å². The molecule has 0 aliphatic heterocycles. The number of hydrogen-bond acceptors (Lipinski definition) is 1. The van der Waals surface area contributed by atoms with E-state index in [9.17, 15) is 0 Å². The molecule has 2 rings (SSSR count). The van der Waals surface area contributed by atoms with Crippen LogP contribution in [0.25, 0.3) is 0 Å². The van der Waals surface area contributed by atoms with Crippen LogP contribution >= 0.6 is 27.5 Å². The molecule has 0 saturated heterocycles. The van der Waals surface area contributed by atoms with E-state index in [4.69, 9.17) is 11.6 Å². The first-order chi connectivity index (χ1) is 7.25. The van der Waals surface area contributed by atoms with Crippen molar-refractivity contribution in [1.29, 1.82) is 0 Å². The molecule has 1 N–H and O–H groups in total. The zero-order chi connectivity index (χ0) is 10.7. The van der Waals surface area contributed by atoms with E-state index in [1.54, 1.807) is 0 Å². The second-order valence-corrected chi connectivity index (χ2v) is 5.08. The lowest BCUT2D eigenvalue weighted by atomic mass is 10.2. The van der Waals surface area contributed by atoms with Gasteiger partial charge in [0.05, 0.1) is 0 Å². The van der Waals surface area contributed by atoms with Gasteiger partial charge in [0.15, 0.2) is 0 Å². The summed E-state index contributed by atoms with van der Waals surface area (Å²) in [7, 11) is 0. The molecule has 1 aromatic rings. The lowest BCUT2D eigenvalue weighted by Gasteiger charge is -2.12. The third kappa shape index (κ3) is 3.07. The smallest absolute Gasteiger partial charge is 0.0451 e. The van der Waals surface area contributed by atoms with Crippen LogP contribution in [0.5, 0.6) is 0 Å². The molecule has 0 radical (unpaired) electrons. The molecule has 0 fully saturated rings. The van der Waals surface area contributed by atoms with Gasteiger partial charge in [0.1, 0.15) is 0 Å². The van der Waals surface area contributed by atoms with Gasteiger partial charge in [0.25, 0.3) is 0 Å². The van der Waals surface area contributed by atoms with E-state index < -0.39 is 0 Å². The van der Waals surface area contributed by atoms with Crippen molar-refractivity contribution in [2.24, 2.45) is 0 Å². The number of halogens is 2. The average Bonchev–Trinajstić information content (AvgIpc) is 2.72. The zero-order valence-corrected chi connectivity index (χ0v) is 10.7. The summed E-state index contributed by atoms with van der Waals surface area (Å²) in [5, 5.41) is 4.33. The molecule has 80 valence electrons. The molecule has 0 heterocycles. The molecule has 0 saturated carbocycles. The minimum Gasteiger partial charge on any atom is -0.309 e. The minimum absolute atomic E-state index is 0.583. The average molecular weight is 287 g/mol. The van der Waals surface area contributed by atoms with Gasteiger partial charge in [0, 0.05) is 22.1 Å². The van der Waals surface area contributed by atoms with Gasteiger partial charge in [-0.15, -0.1) is 0 Å². The fourth-order valence-corrected chi connectivity index (χ4v) is 2.31. The van der Waals surface area contributed by atoms with Crippen molar-refractivity contribution < 1.29 is 0 Å². The Labute approximate surface area is 104 Å². The fraction of sp³-hybridized carbons (Fsp3) is 0.333. The van der Waals surface area contributed by atoms with E-state index >= 15 is 0 Å². The molecule has 0 atom stereocenters. The molecule has 15 heavy (non-hydrogen) atoms. The van der Waals surface area contributed by atoms with Gasteiger partial charge in [0.2, 0.25) is 0 Å². The number of rotatable bonds is 3. The normalized spacial score (nSPS) is 16.1. The fourth-order valence-electron chi connectivity index (χ4n) is 1.72. The van der Waals surface area contributed by atoms with Crippen molar-refractivity contribution in [3.63, 3.8) is 0 Å². The summed E-state index contributed by atoms with van der Waals surface area (Å²) >= 11 is 9.56. The van der Waals surface area contributed by atoms with E-state index in [2.05, 4.69) is 39.5 Å². The van der Waals surface area contributed by atoms with E-state index in [0.29, 0.717) is 6.04 Å². The summed E-state index contributed by atoms with van der Waals surface area (Å²) in [6.45, 7) is 0.838. The first-order valence-electron chi connectivity index (χ1n) is 5.08. The highest BCUT2D eigenvalue weighted by atomic mass is 79.9. The molecule has 3 heteroatoms. The maximum Gasteiger partial charge on any atom is 0.0451 e. The highest BCUT2D eigenvalue weighted by molar-refractivity contribution is 9.10. The Morgan fingerprint density at radius 2 is 2.07 bits per heavy atom. The number of hydrogen-bond donors (Lipinski definition) is 1. The number of benzene rings is 1. The predicted octanol–water partition coefficient (Wildman–Crippen LogP) is 3.91. The van der Waals surface area contributed by atoms with Crippen LogP contribution in [0, 0.1) is 0 Å². The number of nitrogens with one attached hydrogen (secondary N) is 1. The van der Waals surface area contributed by atoms with Crippen molar-refractivity contribution in [2.75, 3.05) is 0 Å². The molecule has 1 aliphatic carbocycles. The summed E-state index contributed by atoms with van der Waals surface area (Å²) in [6, 6.07) is 6.54. The van der Waals surface area contributed by atoms with Crippen LogP contribution in [0.1, 0.15) is 18.4 Å². The van der Waals surface area contributed by atoms with Crippen LogP contribution < -0.4 is 5.32 Å². The van der Waals surface area contributed by atoms with Gasteiger partial charge < -0.3 is 5.32 Å². The lowest BCUT2D eigenvalue weighted by molar-refractivity contribution is 0.538. The second kappa shape index (κ2) is 5.15. The van der Waals surface area contributed by atoms with Crippen LogP contribution in [0.15, 0.2) is 34.8 Å². The van der Waals surface area contributed by atoms with Crippen LogP contribution in [-0.4, -0.2) is 6.04 Å². The van der Waals surface area contributed by atoms with Gasteiger partial charge in [-0.2, -0.15) is 0 Å². The maximum absolute atomic E-state index is 6.11. The Morgan fingerprint density at radius 1 is 1.33 bits per heavy atom. The highest BCUT2D eigenvalue weighted by Crippen LogP contribution is 2.21. The third-order valence-electron chi connectivity index (χ3n) is 2.60. The quantitative estimate of drug-likeness (QED) is 0.831. The predicted molar refractivity (Wildman–Crippen MR) is 68.2 cm³/mol. The van der Waals surface area contributed by atoms with Gasteiger partial charge in [-0.25, -0.2) is 0 Å². The van der Waals surface area contributed by atoms with Crippen LogP contribution in [0.4, 0.5) is 0 Å². The Kier molecular flexibility index (Phi) is 3.84. The molecule has 1 nitrogen and oxygen atoms in total. The van der Waals surface area contributed by atoms with Gasteiger partial charge in [-0.05, 0) is 36.6 Å². The molecule has 0 unspecified atom stereocenters. The molecular weight excluding hydrogens is 273 g/mol. The largest absolute Gasteiger partial charge is 0.309 e. The molecular formula is C12H13BrClN. The van der Waals surface area contributed by atoms with E-state index in [1.165, 1.54) is 0 Å². The van der Waals surface area contributed by atoms with Gasteiger partial charge >= 0.3 is 0 Å². The Bertz CT molecular complexity index is 368. The Balaban J connectivity index is 1.95. The third-order valence-corrected chi connectivity index (χ3v) is 3.46. The lowest BCUT2D eigenvalue weighted by Crippen LogP contribution is -2.25. The second-order valence-electron chi connectivity index (χ2n) is 3.76. The van der Waals surface area contributed by atoms with Crippen molar-refractivity contribution in [1.82, 2.24) is 5.32 Å². The molecule has 0 spiro atoms. The topological polar surface area (TPSA) is 12.0 Å². The summed E-state index contributed by atoms with van der Waals surface area (Å²) < 4.78 is 1.08. The Hall–Kier alpha value is -0.310. The highest BCUT2D eigenvalue weighted by Gasteiger charge is 2.09. The van der Waals surface area contributed by atoms with Crippen molar-refractivity contribution >= 4 is 27.5 Å². The van der Waals surface area contributed by atoms with E-state index in [1.807, 2.05) is 12.1 Å². The maximum atomic E-state index is 6.11. The van der Waals surface area contributed by atoms with Crippen LogP contribution in [-0.2, 0) is 6.54 Å². The first kappa shape index (κ1) is 11.2. The summed E-state index contributed by atoms with van der Waals surface area (Å²) in [6.07, 6.45) is 6.71. The molecule has 0 aromatic heterocycles. The zero-order valence-electron chi connectivity index (χ0n) is 8.34. The van der Waals surface area contributed by atoms with E-state index in [0.717, 1.165) is 34.4 Å². The molecule has 1 aromatic carbocycles. The minimum atomic E-state index is 0.583. The summed E-state index contributed by atoms with van der Waals surface area (Å²) in [4.78, 5) is 0. The monoisotopic (exact) mass is 285 g/mol. The van der Waals surface area contributed by atoms with Crippen molar-refractivity contribution in [2.45, 2.75) is 25.4 Å². The summed E-state index contributed by atoms with van der Waals surface area (Å²) in [5.74, 6) is 0. The Morgan fingerprint density at radius 3 is 2.80 bits per heavy atom. The molecule has 0 amide bonds. The van der Waals surface area contributed by atoms with Crippen LogP contribution in [0.2, 0.25) is 5.02 Å².